The number of nitrogens with zero attached hydrogens (tertiary/aromatic N) is 1. The Balaban J connectivity index is 1.74. The molecule has 146 valence electrons. The molecule has 0 saturated heterocycles. The van der Waals surface area contributed by atoms with Gasteiger partial charge >= 0.3 is 6.18 Å². The highest BCUT2D eigenvalue weighted by Gasteiger charge is 2.33. The van der Waals surface area contributed by atoms with E-state index in [2.05, 4.69) is 5.32 Å². The van der Waals surface area contributed by atoms with Crippen molar-refractivity contribution < 1.29 is 22.8 Å². The maximum absolute atomic E-state index is 13.1. The van der Waals surface area contributed by atoms with Gasteiger partial charge < -0.3 is 10.2 Å². The van der Waals surface area contributed by atoms with Crippen LogP contribution in [-0.4, -0.2) is 29.8 Å². The van der Waals surface area contributed by atoms with Gasteiger partial charge in [0.2, 0.25) is 5.91 Å². The minimum absolute atomic E-state index is 0.251. The highest BCUT2D eigenvalue weighted by Crippen LogP contribution is 2.34. The first-order valence-electron chi connectivity index (χ1n) is 8.53. The van der Waals surface area contributed by atoms with Crippen molar-refractivity contribution in [2.75, 3.05) is 18.4 Å². The van der Waals surface area contributed by atoms with E-state index in [1.807, 2.05) is 24.3 Å². The van der Waals surface area contributed by atoms with Gasteiger partial charge in [-0.3, -0.25) is 9.59 Å². The highest BCUT2D eigenvalue weighted by atomic mass is 32.1. The first-order valence-corrected chi connectivity index (χ1v) is 9.35. The molecule has 0 bridgehead atoms. The predicted octanol–water partition coefficient (Wildman–Crippen LogP) is 5.02. The number of benzene rings is 2. The summed E-state index contributed by atoms with van der Waals surface area (Å²) in [7, 11) is 0. The molecule has 2 amide bonds. The predicted molar refractivity (Wildman–Crippen MR) is 103 cm³/mol. The minimum Gasteiger partial charge on any atom is -0.329 e. The summed E-state index contributed by atoms with van der Waals surface area (Å²) in [6, 6.07) is 14.0. The molecular weight excluding hydrogens is 389 g/mol. The van der Waals surface area contributed by atoms with Gasteiger partial charge in [-0.25, -0.2) is 0 Å². The molecule has 8 heteroatoms. The van der Waals surface area contributed by atoms with E-state index in [4.69, 9.17) is 0 Å². The smallest absolute Gasteiger partial charge is 0.329 e. The van der Waals surface area contributed by atoms with E-state index < -0.39 is 17.6 Å². The van der Waals surface area contributed by atoms with Crippen LogP contribution in [0.5, 0.6) is 0 Å². The fourth-order valence-electron chi connectivity index (χ4n) is 2.77. The van der Waals surface area contributed by atoms with E-state index in [1.165, 1.54) is 34.4 Å². The number of carbonyl (C=O) groups is 2. The number of carbonyl (C=O) groups excluding carboxylic acids is 2. The number of likely N-dealkylation sites (N-methyl/N-ethyl adjacent to an activating group) is 1. The molecule has 0 spiro atoms. The van der Waals surface area contributed by atoms with Crippen LogP contribution in [0.25, 0.3) is 10.1 Å². The summed E-state index contributed by atoms with van der Waals surface area (Å²) in [6.45, 7) is 1.62. The van der Waals surface area contributed by atoms with Crippen LogP contribution in [-0.2, 0) is 11.0 Å². The molecule has 28 heavy (non-hydrogen) atoms. The Morgan fingerprint density at radius 1 is 1.07 bits per heavy atom. The monoisotopic (exact) mass is 406 g/mol. The number of amides is 2. The molecular formula is C20H17F3N2O2S. The van der Waals surface area contributed by atoms with Crippen LogP contribution in [0.1, 0.15) is 22.2 Å². The zero-order chi connectivity index (χ0) is 20.3. The number of hydrogen-bond donors (Lipinski definition) is 1. The number of hydrogen-bond acceptors (Lipinski definition) is 3. The van der Waals surface area contributed by atoms with Crippen LogP contribution in [0.15, 0.2) is 54.6 Å². The molecule has 1 heterocycles. The summed E-state index contributed by atoms with van der Waals surface area (Å²) in [5, 5.41) is 3.19. The molecule has 4 nitrogen and oxygen atoms in total. The van der Waals surface area contributed by atoms with E-state index in [0.29, 0.717) is 4.88 Å². The minimum atomic E-state index is -4.58. The molecule has 0 radical (unpaired) electrons. The van der Waals surface area contributed by atoms with Crippen molar-refractivity contribution in [2.45, 2.75) is 13.1 Å². The SMILES string of the molecule is CCN(CC(=O)Nc1ccccc1C(F)(F)F)C(=O)c1cc2ccccc2s1. The Morgan fingerprint density at radius 2 is 1.75 bits per heavy atom. The second kappa shape index (κ2) is 8.02. The van der Waals surface area contributed by atoms with E-state index >= 15 is 0 Å². The Morgan fingerprint density at radius 3 is 2.43 bits per heavy atom. The van der Waals surface area contributed by atoms with Gasteiger partial charge in [-0.2, -0.15) is 13.2 Å². The van der Waals surface area contributed by atoms with Crippen molar-refractivity contribution in [2.24, 2.45) is 0 Å². The van der Waals surface area contributed by atoms with Crippen LogP contribution in [0.3, 0.4) is 0 Å². The lowest BCUT2D eigenvalue weighted by atomic mass is 10.1. The summed E-state index contributed by atoms with van der Waals surface area (Å²) in [4.78, 5) is 26.8. The fourth-order valence-corrected chi connectivity index (χ4v) is 3.80. The second-order valence-corrected chi connectivity index (χ2v) is 7.14. The maximum atomic E-state index is 13.1. The standard InChI is InChI=1S/C20H17F3N2O2S/c1-2-25(19(27)17-11-13-7-3-6-10-16(13)28-17)12-18(26)24-15-9-5-4-8-14(15)20(21,22)23/h3-11H,2,12H2,1H3,(H,24,26). The molecule has 1 aromatic heterocycles. The quantitative estimate of drug-likeness (QED) is 0.647. The topological polar surface area (TPSA) is 49.4 Å². The summed E-state index contributed by atoms with van der Waals surface area (Å²) < 4.78 is 40.1. The number of para-hydroxylation sites is 1. The van der Waals surface area contributed by atoms with Gasteiger partial charge in [-0.05, 0) is 36.6 Å². The molecule has 1 N–H and O–H groups in total. The van der Waals surface area contributed by atoms with E-state index in [0.717, 1.165) is 16.2 Å². The van der Waals surface area contributed by atoms with E-state index in [1.54, 1.807) is 13.0 Å². The van der Waals surface area contributed by atoms with Gasteiger partial charge in [0.05, 0.1) is 16.1 Å². The number of alkyl halides is 3. The van der Waals surface area contributed by atoms with Crippen LogP contribution in [0.4, 0.5) is 18.9 Å². The van der Waals surface area contributed by atoms with Gasteiger partial charge in [0.25, 0.3) is 5.91 Å². The lowest BCUT2D eigenvalue weighted by Gasteiger charge is -2.20. The number of anilines is 1. The molecule has 0 atom stereocenters. The first-order chi connectivity index (χ1) is 13.3. The number of halogens is 3. The Bertz CT molecular complexity index is 981. The molecule has 0 aliphatic heterocycles. The van der Waals surface area contributed by atoms with Crippen LogP contribution in [0, 0.1) is 0 Å². The van der Waals surface area contributed by atoms with Crippen LogP contribution < -0.4 is 5.32 Å². The van der Waals surface area contributed by atoms with Crippen LogP contribution in [0.2, 0.25) is 0 Å². The van der Waals surface area contributed by atoms with Crippen molar-refractivity contribution in [1.82, 2.24) is 4.90 Å². The molecule has 0 aliphatic rings. The molecule has 2 aromatic carbocycles. The highest BCUT2D eigenvalue weighted by molar-refractivity contribution is 7.20. The third-order valence-corrected chi connectivity index (χ3v) is 5.25. The van der Waals surface area contributed by atoms with Gasteiger partial charge in [0.15, 0.2) is 0 Å². The van der Waals surface area contributed by atoms with Gasteiger partial charge in [0.1, 0.15) is 6.54 Å². The fraction of sp³-hybridized carbons (Fsp3) is 0.200. The summed E-state index contributed by atoms with van der Waals surface area (Å²) in [5.74, 6) is -1.02. The lowest BCUT2D eigenvalue weighted by Crippen LogP contribution is -2.37. The zero-order valence-electron chi connectivity index (χ0n) is 14.9. The third kappa shape index (κ3) is 4.33. The number of nitrogens with one attached hydrogen (secondary N) is 1. The maximum Gasteiger partial charge on any atom is 0.418 e. The summed E-state index contributed by atoms with van der Waals surface area (Å²) >= 11 is 1.31. The summed E-state index contributed by atoms with van der Waals surface area (Å²) in [5.41, 5.74) is -1.26. The van der Waals surface area contributed by atoms with Crippen molar-refractivity contribution in [3.63, 3.8) is 0 Å². The van der Waals surface area contributed by atoms with Crippen molar-refractivity contribution in [1.29, 1.82) is 0 Å². The van der Waals surface area contributed by atoms with Crippen LogP contribution >= 0.6 is 11.3 Å². The Labute approximate surface area is 163 Å². The van der Waals surface area contributed by atoms with Crippen molar-refractivity contribution >= 4 is 38.9 Å². The molecule has 0 aliphatic carbocycles. The average Bonchev–Trinajstić information content (AvgIpc) is 3.09. The third-order valence-electron chi connectivity index (χ3n) is 4.15. The molecule has 0 unspecified atom stereocenters. The average molecular weight is 406 g/mol. The van der Waals surface area contributed by atoms with Gasteiger partial charge in [0, 0.05) is 11.2 Å². The number of rotatable bonds is 5. The van der Waals surface area contributed by atoms with E-state index in [-0.39, 0.29) is 24.7 Å². The molecule has 3 aromatic rings. The largest absolute Gasteiger partial charge is 0.418 e. The zero-order valence-corrected chi connectivity index (χ0v) is 15.7. The van der Waals surface area contributed by atoms with Gasteiger partial charge in [-0.15, -0.1) is 11.3 Å². The Hall–Kier alpha value is -2.87. The first kappa shape index (κ1) is 19.9. The van der Waals surface area contributed by atoms with E-state index in [9.17, 15) is 22.8 Å². The Kier molecular flexibility index (Phi) is 5.69. The molecule has 0 saturated carbocycles. The second-order valence-electron chi connectivity index (χ2n) is 6.06. The van der Waals surface area contributed by atoms with Crippen molar-refractivity contribution in [3.05, 3.63) is 65.0 Å². The number of thiophene rings is 1. The molecule has 3 rings (SSSR count). The van der Waals surface area contributed by atoms with Gasteiger partial charge in [-0.1, -0.05) is 30.3 Å². The summed E-state index contributed by atoms with van der Waals surface area (Å²) in [6.07, 6.45) is -4.58. The molecule has 0 fully saturated rings. The lowest BCUT2D eigenvalue weighted by molar-refractivity contribution is -0.137. The number of fused-ring (bicyclic) bond motifs is 1. The normalized spacial score (nSPS) is 11.4. The van der Waals surface area contributed by atoms with Crippen molar-refractivity contribution in [3.8, 4) is 0 Å².